The van der Waals surface area contributed by atoms with Crippen molar-refractivity contribution in [3.05, 3.63) is 9.47 Å². The highest BCUT2D eigenvalue weighted by Crippen LogP contribution is 2.20. The molecule has 0 aliphatic rings. The van der Waals surface area contributed by atoms with Gasteiger partial charge in [0, 0.05) is 33.5 Å². The lowest BCUT2D eigenvalue weighted by molar-refractivity contribution is -0.144. The number of rotatable bonds is 7. The molecule has 0 aromatic heterocycles. The number of hydrogen-bond acceptors (Lipinski definition) is 4. The average Bonchev–Trinajstić information content (AvgIpc) is 2.21. The SMILES string of the molecule is COC(C[C@H](C=C(Br)Br)COC(C)=O)OC. The molecule has 0 bridgehead atoms. The Morgan fingerprint density at radius 2 is 1.88 bits per heavy atom. The van der Waals surface area contributed by atoms with E-state index in [0.717, 1.165) is 3.39 Å². The molecule has 0 saturated carbocycles. The van der Waals surface area contributed by atoms with E-state index in [1.165, 1.54) is 6.92 Å². The summed E-state index contributed by atoms with van der Waals surface area (Å²) in [5.41, 5.74) is 0. The van der Waals surface area contributed by atoms with E-state index in [1.807, 2.05) is 6.08 Å². The van der Waals surface area contributed by atoms with E-state index in [0.29, 0.717) is 13.0 Å². The molecule has 0 aromatic rings. The molecule has 0 aliphatic heterocycles. The minimum atomic E-state index is -0.309. The van der Waals surface area contributed by atoms with Crippen LogP contribution in [-0.2, 0) is 19.0 Å². The second-order valence-electron chi connectivity index (χ2n) is 3.16. The summed E-state index contributed by atoms with van der Waals surface area (Å²) in [6.07, 6.45) is 2.20. The molecular formula is C10H16Br2O4. The van der Waals surface area contributed by atoms with Gasteiger partial charge in [0.15, 0.2) is 6.29 Å². The molecule has 0 radical (unpaired) electrons. The molecule has 0 fully saturated rings. The van der Waals surface area contributed by atoms with Crippen LogP contribution in [0.2, 0.25) is 0 Å². The molecule has 6 heteroatoms. The minimum Gasteiger partial charge on any atom is -0.465 e. The molecule has 0 aromatic carbocycles. The van der Waals surface area contributed by atoms with Crippen LogP contribution in [0, 0.1) is 5.92 Å². The first-order chi connectivity index (χ1) is 7.49. The zero-order chi connectivity index (χ0) is 12.6. The fourth-order valence-corrected chi connectivity index (χ4v) is 1.87. The van der Waals surface area contributed by atoms with Gasteiger partial charge in [-0.15, -0.1) is 0 Å². The lowest BCUT2D eigenvalue weighted by atomic mass is 10.1. The summed E-state index contributed by atoms with van der Waals surface area (Å²) in [6, 6.07) is 0. The summed E-state index contributed by atoms with van der Waals surface area (Å²) < 4.78 is 16.0. The zero-order valence-electron chi connectivity index (χ0n) is 9.54. The molecule has 0 amide bonds. The largest absolute Gasteiger partial charge is 0.465 e. The van der Waals surface area contributed by atoms with Crippen molar-refractivity contribution in [3.63, 3.8) is 0 Å². The molecule has 1 atom stereocenters. The summed E-state index contributed by atoms with van der Waals surface area (Å²) in [4.78, 5) is 10.7. The Labute approximate surface area is 113 Å². The maximum absolute atomic E-state index is 10.7. The molecule has 94 valence electrons. The molecule has 0 heterocycles. The number of halogens is 2. The van der Waals surface area contributed by atoms with E-state index in [9.17, 15) is 4.79 Å². The second kappa shape index (κ2) is 9.15. The van der Waals surface area contributed by atoms with E-state index in [1.54, 1.807) is 14.2 Å². The minimum absolute atomic E-state index is 0.0301. The molecule has 0 spiro atoms. The van der Waals surface area contributed by atoms with Gasteiger partial charge in [-0.25, -0.2) is 0 Å². The highest BCUT2D eigenvalue weighted by atomic mass is 79.9. The summed E-state index contributed by atoms with van der Waals surface area (Å²) in [5, 5.41) is 0. The van der Waals surface area contributed by atoms with Crippen molar-refractivity contribution in [1.29, 1.82) is 0 Å². The van der Waals surface area contributed by atoms with Gasteiger partial charge >= 0.3 is 5.97 Å². The highest BCUT2D eigenvalue weighted by molar-refractivity contribution is 9.28. The van der Waals surface area contributed by atoms with Crippen molar-refractivity contribution < 1.29 is 19.0 Å². The number of esters is 1. The first-order valence-electron chi connectivity index (χ1n) is 4.71. The Morgan fingerprint density at radius 1 is 1.31 bits per heavy atom. The molecular weight excluding hydrogens is 344 g/mol. The number of ether oxygens (including phenoxy) is 3. The standard InChI is InChI=1S/C10H16Br2O4/c1-7(13)16-6-8(4-9(11)12)5-10(14-2)15-3/h4,8,10H,5-6H2,1-3H3/t8-/m0/s1. The monoisotopic (exact) mass is 358 g/mol. The smallest absolute Gasteiger partial charge is 0.302 e. The van der Waals surface area contributed by atoms with Crippen molar-refractivity contribution in [1.82, 2.24) is 0 Å². The van der Waals surface area contributed by atoms with E-state index >= 15 is 0 Å². The highest BCUT2D eigenvalue weighted by Gasteiger charge is 2.15. The van der Waals surface area contributed by atoms with E-state index in [-0.39, 0.29) is 18.2 Å². The van der Waals surface area contributed by atoms with Crippen molar-refractivity contribution in [3.8, 4) is 0 Å². The summed E-state index contributed by atoms with van der Waals surface area (Å²) in [5.74, 6) is -0.266. The molecule has 16 heavy (non-hydrogen) atoms. The normalized spacial score (nSPS) is 12.4. The van der Waals surface area contributed by atoms with Crippen molar-refractivity contribution >= 4 is 37.8 Å². The van der Waals surface area contributed by atoms with Crippen LogP contribution in [0.25, 0.3) is 0 Å². The number of hydrogen-bond donors (Lipinski definition) is 0. The van der Waals surface area contributed by atoms with Gasteiger partial charge in [0.1, 0.15) is 0 Å². The Bertz CT molecular complexity index is 235. The average molecular weight is 360 g/mol. The quantitative estimate of drug-likeness (QED) is 0.518. The third kappa shape index (κ3) is 8.27. The number of carbonyl (C=O) groups excluding carboxylic acids is 1. The predicted octanol–water partition coefficient (Wildman–Crippen LogP) is 2.81. The maximum atomic E-state index is 10.7. The van der Waals surface area contributed by atoms with Crippen molar-refractivity contribution in [2.24, 2.45) is 5.92 Å². The molecule has 0 saturated heterocycles. The lowest BCUT2D eigenvalue weighted by Gasteiger charge is -2.19. The van der Waals surface area contributed by atoms with Crippen LogP contribution in [-0.4, -0.2) is 33.1 Å². The second-order valence-corrected chi connectivity index (χ2v) is 5.93. The van der Waals surface area contributed by atoms with Crippen LogP contribution >= 0.6 is 31.9 Å². The Balaban J connectivity index is 4.30. The topological polar surface area (TPSA) is 44.8 Å². The summed E-state index contributed by atoms with van der Waals surface area (Å²) >= 11 is 6.54. The van der Waals surface area contributed by atoms with Crippen LogP contribution in [0.3, 0.4) is 0 Å². The van der Waals surface area contributed by atoms with E-state index in [4.69, 9.17) is 14.2 Å². The van der Waals surface area contributed by atoms with Crippen LogP contribution in [0.1, 0.15) is 13.3 Å². The Hall–Kier alpha value is 0.0900. The Morgan fingerprint density at radius 3 is 2.25 bits per heavy atom. The predicted molar refractivity (Wildman–Crippen MR) is 68.5 cm³/mol. The molecule has 0 unspecified atom stereocenters. The van der Waals surface area contributed by atoms with E-state index in [2.05, 4.69) is 31.9 Å². The van der Waals surface area contributed by atoms with Gasteiger partial charge in [-0.2, -0.15) is 0 Å². The maximum Gasteiger partial charge on any atom is 0.302 e. The number of carbonyl (C=O) groups is 1. The van der Waals surface area contributed by atoms with Crippen LogP contribution in [0.5, 0.6) is 0 Å². The molecule has 0 N–H and O–H groups in total. The molecule has 0 aliphatic carbocycles. The van der Waals surface area contributed by atoms with Crippen LogP contribution in [0.4, 0.5) is 0 Å². The van der Waals surface area contributed by atoms with Crippen LogP contribution in [0.15, 0.2) is 9.47 Å². The van der Waals surface area contributed by atoms with Gasteiger partial charge in [0.2, 0.25) is 0 Å². The zero-order valence-corrected chi connectivity index (χ0v) is 12.7. The molecule has 4 nitrogen and oxygen atoms in total. The summed E-state index contributed by atoms with van der Waals surface area (Å²) in [7, 11) is 3.15. The van der Waals surface area contributed by atoms with Crippen molar-refractivity contribution in [2.45, 2.75) is 19.6 Å². The Kier molecular flexibility index (Phi) is 9.21. The fraction of sp³-hybridized carbons (Fsp3) is 0.700. The van der Waals surface area contributed by atoms with Gasteiger partial charge < -0.3 is 14.2 Å². The molecule has 0 rings (SSSR count). The number of methoxy groups -OCH3 is 2. The van der Waals surface area contributed by atoms with Gasteiger partial charge in [-0.3, -0.25) is 4.79 Å². The van der Waals surface area contributed by atoms with Gasteiger partial charge in [-0.1, -0.05) is 6.08 Å². The third-order valence-corrected chi connectivity index (χ3v) is 2.41. The first-order valence-corrected chi connectivity index (χ1v) is 6.30. The van der Waals surface area contributed by atoms with Gasteiger partial charge in [0.05, 0.1) is 10.00 Å². The van der Waals surface area contributed by atoms with Crippen molar-refractivity contribution in [2.75, 3.05) is 20.8 Å². The van der Waals surface area contributed by atoms with E-state index < -0.39 is 0 Å². The summed E-state index contributed by atoms with van der Waals surface area (Å²) in [6.45, 7) is 1.69. The van der Waals surface area contributed by atoms with Gasteiger partial charge in [0.25, 0.3) is 0 Å². The third-order valence-electron chi connectivity index (χ3n) is 1.88. The van der Waals surface area contributed by atoms with Crippen LogP contribution < -0.4 is 0 Å². The van der Waals surface area contributed by atoms with Gasteiger partial charge in [-0.05, 0) is 31.9 Å². The lowest BCUT2D eigenvalue weighted by Crippen LogP contribution is -2.21. The first kappa shape index (κ1) is 16.1. The fourth-order valence-electron chi connectivity index (χ4n) is 1.12.